The number of aromatic nitrogens is 3. The van der Waals surface area contributed by atoms with E-state index < -0.39 is 0 Å². The standard InChI is InChI=1S/C20H30N6O/c1-16(2)25-12-10-24(11-13-25)15-19-22-20(23-27-19)17-6-7-18(21-14-17)26-8-4-3-5-9-26/h6-7,14,16H,3-5,8-13,15H2,1-2H3. The van der Waals surface area contributed by atoms with Crippen molar-refractivity contribution in [2.75, 3.05) is 44.2 Å². The molecule has 0 aromatic carbocycles. The maximum Gasteiger partial charge on any atom is 0.241 e. The molecule has 7 nitrogen and oxygen atoms in total. The molecule has 0 spiro atoms. The summed E-state index contributed by atoms with van der Waals surface area (Å²) in [6.07, 6.45) is 5.69. The summed E-state index contributed by atoms with van der Waals surface area (Å²) >= 11 is 0. The third-order valence-corrected chi connectivity index (χ3v) is 5.65. The molecule has 0 radical (unpaired) electrons. The van der Waals surface area contributed by atoms with Crippen LogP contribution in [0.2, 0.25) is 0 Å². The number of nitrogens with zero attached hydrogens (tertiary/aromatic N) is 6. The van der Waals surface area contributed by atoms with E-state index in [1.807, 2.05) is 12.3 Å². The van der Waals surface area contributed by atoms with Crippen LogP contribution in [-0.4, -0.2) is 70.2 Å². The zero-order chi connectivity index (χ0) is 18.6. The summed E-state index contributed by atoms with van der Waals surface area (Å²) in [7, 11) is 0. The van der Waals surface area contributed by atoms with Crippen molar-refractivity contribution in [2.45, 2.75) is 45.7 Å². The third kappa shape index (κ3) is 4.47. The first kappa shape index (κ1) is 18.4. The highest BCUT2D eigenvalue weighted by Gasteiger charge is 2.21. The van der Waals surface area contributed by atoms with Crippen LogP contribution in [0, 0.1) is 0 Å². The predicted molar refractivity (Wildman–Crippen MR) is 106 cm³/mol. The highest BCUT2D eigenvalue weighted by Crippen LogP contribution is 2.21. The largest absolute Gasteiger partial charge is 0.357 e. The molecule has 0 saturated carbocycles. The van der Waals surface area contributed by atoms with Gasteiger partial charge in [0.15, 0.2) is 0 Å². The van der Waals surface area contributed by atoms with Gasteiger partial charge in [0, 0.05) is 57.1 Å². The van der Waals surface area contributed by atoms with E-state index in [1.54, 1.807) is 0 Å². The molecule has 4 heterocycles. The first-order chi connectivity index (χ1) is 13.2. The van der Waals surface area contributed by atoms with E-state index in [-0.39, 0.29) is 0 Å². The van der Waals surface area contributed by atoms with Crippen molar-refractivity contribution in [3.8, 4) is 11.4 Å². The Morgan fingerprint density at radius 2 is 1.78 bits per heavy atom. The highest BCUT2D eigenvalue weighted by atomic mass is 16.5. The van der Waals surface area contributed by atoms with Crippen molar-refractivity contribution in [1.82, 2.24) is 24.9 Å². The molecule has 0 unspecified atom stereocenters. The van der Waals surface area contributed by atoms with Gasteiger partial charge < -0.3 is 9.42 Å². The summed E-state index contributed by atoms with van der Waals surface area (Å²) < 4.78 is 5.49. The Morgan fingerprint density at radius 1 is 1.00 bits per heavy atom. The molecule has 0 aliphatic carbocycles. The number of hydrogen-bond acceptors (Lipinski definition) is 7. The predicted octanol–water partition coefficient (Wildman–Crippen LogP) is 2.65. The molecular formula is C20H30N6O. The van der Waals surface area contributed by atoms with Crippen molar-refractivity contribution in [2.24, 2.45) is 0 Å². The topological polar surface area (TPSA) is 61.5 Å². The molecule has 27 heavy (non-hydrogen) atoms. The number of anilines is 1. The Morgan fingerprint density at radius 3 is 2.44 bits per heavy atom. The van der Waals surface area contributed by atoms with E-state index in [4.69, 9.17) is 4.52 Å². The molecular weight excluding hydrogens is 340 g/mol. The molecule has 2 aromatic rings. The SMILES string of the molecule is CC(C)N1CCN(Cc2nc(-c3ccc(N4CCCCC4)nc3)no2)CC1. The van der Waals surface area contributed by atoms with Crippen LogP contribution >= 0.6 is 0 Å². The van der Waals surface area contributed by atoms with Crippen molar-refractivity contribution >= 4 is 5.82 Å². The van der Waals surface area contributed by atoms with Crippen LogP contribution in [0.3, 0.4) is 0 Å². The zero-order valence-electron chi connectivity index (χ0n) is 16.5. The van der Waals surface area contributed by atoms with Gasteiger partial charge in [-0.1, -0.05) is 5.16 Å². The molecule has 146 valence electrons. The number of hydrogen-bond donors (Lipinski definition) is 0. The van der Waals surface area contributed by atoms with Gasteiger partial charge in [-0.25, -0.2) is 4.98 Å². The van der Waals surface area contributed by atoms with Crippen LogP contribution in [0.4, 0.5) is 5.82 Å². The molecule has 7 heteroatoms. The molecule has 2 aromatic heterocycles. The molecule has 0 N–H and O–H groups in total. The van der Waals surface area contributed by atoms with Crippen molar-refractivity contribution < 1.29 is 4.52 Å². The fourth-order valence-corrected chi connectivity index (χ4v) is 3.89. The smallest absolute Gasteiger partial charge is 0.241 e. The monoisotopic (exact) mass is 370 g/mol. The number of piperazine rings is 1. The lowest BCUT2D eigenvalue weighted by molar-refractivity contribution is 0.0960. The van der Waals surface area contributed by atoms with Gasteiger partial charge in [-0.2, -0.15) is 4.98 Å². The van der Waals surface area contributed by atoms with Gasteiger partial charge in [-0.3, -0.25) is 9.80 Å². The molecule has 2 fully saturated rings. The van der Waals surface area contributed by atoms with Crippen LogP contribution in [-0.2, 0) is 6.54 Å². The molecule has 0 atom stereocenters. The van der Waals surface area contributed by atoms with Crippen molar-refractivity contribution in [1.29, 1.82) is 0 Å². The molecule has 2 aliphatic rings. The Bertz CT molecular complexity index is 714. The van der Waals surface area contributed by atoms with Crippen molar-refractivity contribution in [3.05, 3.63) is 24.2 Å². The zero-order valence-corrected chi connectivity index (χ0v) is 16.5. The molecule has 4 rings (SSSR count). The minimum Gasteiger partial charge on any atom is -0.357 e. The van der Waals surface area contributed by atoms with Gasteiger partial charge in [-0.05, 0) is 45.2 Å². The Hall–Kier alpha value is -1.99. The highest BCUT2D eigenvalue weighted by molar-refractivity contribution is 5.55. The van der Waals surface area contributed by atoms with E-state index in [2.05, 4.69) is 49.7 Å². The van der Waals surface area contributed by atoms with Crippen LogP contribution in [0.15, 0.2) is 22.9 Å². The number of pyridine rings is 1. The molecule has 0 amide bonds. The summed E-state index contributed by atoms with van der Waals surface area (Å²) in [5.74, 6) is 2.36. The lowest BCUT2D eigenvalue weighted by Crippen LogP contribution is -2.48. The minimum absolute atomic E-state index is 0.613. The van der Waals surface area contributed by atoms with E-state index in [9.17, 15) is 0 Å². The fraction of sp³-hybridized carbons (Fsp3) is 0.650. The second-order valence-electron chi connectivity index (χ2n) is 7.87. The third-order valence-electron chi connectivity index (χ3n) is 5.65. The van der Waals surface area contributed by atoms with Crippen LogP contribution < -0.4 is 4.90 Å². The molecule has 0 bridgehead atoms. The lowest BCUT2D eigenvalue weighted by Gasteiger charge is -2.36. The van der Waals surface area contributed by atoms with Gasteiger partial charge in [0.25, 0.3) is 0 Å². The second kappa shape index (κ2) is 8.35. The van der Waals surface area contributed by atoms with Gasteiger partial charge in [0.2, 0.25) is 11.7 Å². The summed E-state index contributed by atoms with van der Waals surface area (Å²) in [6, 6.07) is 4.73. The van der Waals surface area contributed by atoms with Gasteiger partial charge >= 0.3 is 0 Å². The van der Waals surface area contributed by atoms with Crippen LogP contribution in [0.5, 0.6) is 0 Å². The van der Waals surface area contributed by atoms with Crippen LogP contribution in [0.1, 0.15) is 39.0 Å². The second-order valence-corrected chi connectivity index (χ2v) is 7.87. The van der Waals surface area contributed by atoms with Gasteiger partial charge in [0.05, 0.1) is 6.54 Å². The maximum atomic E-state index is 5.49. The quantitative estimate of drug-likeness (QED) is 0.802. The van der Waals surface area contributed by atoms with Crippen molar-refractivity contribution in [3.63, 3.8) is 0 Å². The molecule has 2 saturated heterocycles. The summed E-state index contributed by atoms with van der Waals surface area (Å²) in [4.78, 5) is 16.4. The summed E-state index contributed by atoms with van der Waals surface area (Å²) in [6.45, 7) is 11.7. The maximum absolute atomic E-state index is 5.49. The number of piperidine rings is 1. The first-order valence-electron chi connectivity index (χ1n) is 10.2. The van der Waals surface area contributed by atoms with Gasteiger partial charge in [0.1, 0.15) is 5.82 Å². The van der Waals surface area contributed by atoms with E-state index in [0.717, 1.165) is 57.2 Å². The van der Waals surface area contributed by atoms with Gasteiger partial charge in [-0.15, -0.1) is 0 Å². The fourth-order valence-electron chi connectivity index (χ4n) is 3.89. The van der Waals surface area contributed by atoms with E-state index in [0.29, 0.717) is 17.8 Å². The first-order valence-corrected chi connectivity index (χ1v) is 10.2. The Balaban J connectivity index is 1.35. The van der Waals surface area contributed by atoms with Crippen LogP contribution in [0.25, 0.3) is 11.4 Å². The number of rotatable bonds is 5. The summed E-state index contributed by atoms with van der Waals surface area (Å²) in [5, 5.41) is 4.16. The molecule has 2 aliphatic heterocycles. The normalized spacial score (nSPS) is 19.7. The summed E-state index contributed by atoms with van der Waals surface area (Å²) in [5.41, 5.74) is 0.912. The lowest BCUT2D eigenvalue weighted by atomic mass is 10.1. The average Bonchev–Trinajstić information content (AvgIpc) is 3.18. The minimum atomic E-state index is 0.613. The Kier molecular flexibility index (Phi) is 5.69. The van der Waals surface area contributed by atoms with E-state index in [1.165, 1.54) is 19.3 Å². The van der Waals surface area contributed by atoms with E-state index >= 15 is 0 Å². The Labute approximate surface area is 161 Å². The average molecular weight is 371 g/mol.